The predicted octanol–water partition coefficient (Wildman–Crippen LogP) is 1.26. The van der Waals surface area contributed by atoms with Gasteiger partial charge < -0.3 is 13.9 Å². The number of esters is 2. The molecule has 124 valence electrons. The molecule has 1 aliphatic carbocycles. The Morgan fingerprint density at radius 3 is 2.00 bits per heavy atom. The summed E-state index contributed by atoms with van der Waals surface area (Å²) in [5.74, 6) is -6.02. The Morgan fingerprint density at radius 2 is 1.61 bits per heavy atom. The molecule has 0 unspecified atom stereocenters. The SMILES string of the molecule is CCOC(=O)[C@@H]1C(=O)CC(=O)[C@@H](C(=O)OCC)C1c1ccco1. The molecular weight excluding hydrogens is 304 g/mol. The van der Waals surface area contributed by atoms with Gasteiger partial charge in [0.25, 0.3) is 0 Å². The van der Waals surface area contributed by atoms with Crippen LogP contribution in [-0.2, 0) is 28.7 Å². The molecule has 2 atom stereocenters. The van der Waals surface area contributed by atoms with Crippen molar-refractivity contribution in [3.05, 3.63) is 24.2 Å². The van der Waals surface area contributed by atoms with Gasteiger partial charge in [-0.05, 0) is 26.0 Å². The maximum atomic E-state index is 12.2. The Morgan fingerprint density at radius 1 is 1.09 bits per heavy atom. The molecule has 1 aromatic rings. The van der Waals surface area contributed by atoms with Crippen molar-refractivity contribution in [1.29, 1.82) is 0 Å². The first-order valence-electron chi connectivity index (χ1n) is 7.43. The molecule has 2 rings (SSSR count). The Bertz CT molecular complexity index is 566. The molecule has 7 nitrogen and oxygen atoms in total. The van der Waals surface area contributed by atoms with E-state index in [4.69, 9.17) is 13.9 Å². The fraction of sp³-hybridized carbons (Fsp3) is 0.500. The molecule has 0 bridgehead atoms. The van der Waals surface area contributed by atoms with Crippen molar-refractivity contribution in [3.8, 4) is 0 Å². The molecule has 0 aliphatic heterocycles. The number of ether oxygens (including phenoxy) is 2. The van der Waals surface area contributed by atoms with E-state index >= 15 is 0 Å². The standard InChI is InChI=1S/C16H18O7/c1-3-21-15(19)12-9(17)8-10(18)13(16(20)22-4-2)14(12)11-6-5-7-23-11/h5-7,12-14H,3-4,8H2,1-2H3/t12-,13-/m1/s1. The summed E-state index contributed by atoms with van der Waals surface area (Å²) >= 11 is 0. The highest BCUT2D eigenvalue weighted by atomic mass is 16.5. The molecule has 0 N–H and O–H groups in total. The number of ketones is 2. The monoisotopic (exact) mass is 322 g/mol. The van der Waals surface area contributed by atoms with E-state index in [1.807, 2.05) is 0 Å². The summed E-state index contributed by atoms with van der Waals surface area (Å²) in [5, 5.41) is 0. The zero-order valence-electron chi connectivity index (χ0n) is 12.9. The second-order valence-corrected chi connectivity index (χ2v) is 5.11. The fourth-order valence-electron chi connectivity index (χ4n) is 2.81. The van der Waals surface area contributed by atoms with Crippen molar-refractivity contribution in [2.75, 3.05) is 13.2 Å². The molecule has 0 radical (unpaired) electrons. The van der Waals surface area contributed by atoms with Crippen molar-refractivity contribution in [2.45, 2.75) is 26.2 Å². The molecular formula is C16H18O7. The Hall–Kier alpha value is -2.44. The van der Waals surface area contributed by atoms with Crippen molar-refractivity contribution < 1.29 is 33.1 Å². The van der Waals surface area contributed by atoms with E-state index in [-0.39, 0.29) is 19.0 Å². The second kappa shape index (κ2) is 7.21. The van der Waals surface area contributed by atoms with Gasteiger partial charge in [-0.1, -0.05) is 0 Å². The summed E-state index contributed by atoms with van der Waals surface area (Å²) in [7, 11) is 0. The van der Waals surface area contributed by atoms with Crippen molar-refractivity contribution in [3.63, 3.8) is 0 Å². The van der Waals surface area contributed by atoms with Crippen LogP contribution >= 0.6 is 0 Å². The summed E-state index contributed by atoms with van der Waals surface area (Å²) in [6.07, 6.45) is 0.855. The van der Waals surface area contributed by atoms with Crippen LogP contribution in [0.3, 0.4) is 0 Å². The van der Waals surface area contributed by atoms with Crippen LogP contribution in [0.15, 0.2) is 22.8 Å². The van der Waals surface area contributed by atoms with Gasteiger partial charge in [0.1, 0.15) is 17.6 Å². The van der Waals surface area contributed by atoms with Crippen LogP contribution in [0.25, 0.3) is 0 Å². The number of carbonyl (C=O) groups excluding carboxylic acids is 4. The van der Waals surface area contributed by atoms with Gasteiger partial charge in [0.15, 0.2) is 11.6 Å². The summed E-state index contributed by atoms with van der Waals surface area (Å²) in [5.41, 5.74) is 0. The summed E-state index contributed by atoms with van der Waals surface area (Å²) in [6.45, 7) is 3.40. The van der Waals surface area contributed by atoms with Gasteiger partial charge in [-0.2, -0.15) is 0 Å². The van der Waals surface area contributed by atoms with Gasteiger partial charge in [0, 0.05) is 0 Å². The summed E-state index contributed by atoms with van der Waals surface area (Å²) in [6, 6.07) is 3.08. The van der Waals surface area contributed by atoms with Crippen LogP contribution in [0.5, 0.6) is 0 Å². The van der Waals surface area contributed by atoms with Gasteiger partial charge in [0.2, 0.25) is 0 Å². The molecule has 1 aromatic heterocycles. The Labute approximate surface area is 132 Å². The normalized spacial score (nSPS) is 22.0. The quantitative estimate of drug-likeness (QED) is 0.594. The van der Waals surface area contributed by atoms with Gasteiger partial charge in [-0.15, -0.1) is 0 Å². The minimum Gasteiger partial charge on any atom is -0.469 e. The van der Waals surface area contributed by atoms with E-state index < -0.39 is 47.7 Å². The van der Waals surface area contributed by atoms with Crippen molar-refractivity contribution >= 4 is 23.5 Å². The van der Waals surface area contributed by atoms with E-state index in [0.717, 1.165) is 0 Å². The van der Waals surface area contributed by atoms with Gasteiger partial charge in [-0.3, -0.25) is 19.2 Å². The average Bonchev–Trinajstić information content (AvgIpc) is 3.00. The Kier molecular flexibility index (Phi) is 5.31. The minimum atomic E-state index is -1.26. The summed E-state index contributed by atoms with van der Waals surface area (Å²) in [4.78, 5) is 48.9. The van der Waals surface area contributed by atoms with E-state index in [0.29, 0.717) is 0 Å². The van der Waals surface area contributed by atoms with E-state index in [1.54, 1.807) is 19.9 Å². The molecule has 0 amide bonds. The lowest BCUT2D eigenvalue weighted by molar-refractivity contribution is -0.161. The third-order valence-electron chi connectivity index (χ3n) is 3.71. The van der Waals surface area contributed by atoms with E-state index in [1.165, 1.54) is 12.3 Å². The van der Waals surface area contributed by atoms with Gasteiger partial charge in [-0.25, -0.2) is 0 Å². The minimum absolute atomic E-state index is 0.0888. The number of furan rings is 1. The van der Waals surface area contributed by atoms with Crippen LogP contribution in [0.4, 0.5) is 0 Å². The zero-order chi connectivity index (χ0) is 17.0. The number of hydrogen-bond donors (Lipinski definition) is 0. The van der Waals surface area contributed by atoms with E-state index in [9.17, 15) is 19.2 Å². The van der Waals surface area contributed by atoms with Crippen molar-refractivity contribution in [1.82, 2.24) is 0 Å². The average molecular weight is 322 g/mol. The molecule has 1 heterocycles. The smallest absolute Gasteiger partial charge is 0.317 e. The van der Waals surface area contributed by atoms with Gasteiger partial charge in [0.05, 0.1) is 31.8 Å². The number of carbonyl (C=O) groups is 4. The topological polar surface area (TPSA) is 99.9 Å². The lowest BCUT2D eigenvalue weighted by atomic mass is 9.69. The molecule has 0 saturated heterocycles. The Balaban J connectivity index is 2.47. The molecule has 7 heteroatoms. The summed E-state index contributed by atoms with van der Waals surface area (Å²) < 4.78 is 15.1. The van der Waals surface area contributed by atoms with Crippen LogP contribution in [0.2, 0.25) is 0 Å². The molecule has 23 heavy (non-hydrogen) atoms. The highest BCUT2D eigenvalue weighted by Crippen LogP contribution is 2.40. The van der Waals surface area contributed by atoms with Gasteiger partial charge >= 0.3 is 11.9 Å². The zero-order valence-corrected chi connectivity index (χ0v) is 12.9. The first-order valence-corrected chi connectivity index (χ1v) is 7.43. The molecule has 1 fully saturated rings. The number of Topliss-reactive ketones (excluding diaryl/α,β-unsaturated/α-hetero) is 2. The fourth-order valence-corrected chi connectivity index (χ4v) is 2.81. The molecule has 0 spiro atoms. The second-order valence-electron chi connectivity index (χ2n) is 5.11. The molecule has 1 aliphatic rings. The maximum Gasteiger partial charge on any atom is 0.317 e. The molecule has 0 aromatic carbocycles. The van der Waals surface area contributed by atoms with E-state index in [2.05, 4.69) is 0 Å². The van der Waals surface area contributed by atoms with Crippen molar-refractivity contribution in [2.24, 2.45) is 11.8 Å². The first-order chi connectivity index (χ1) is 11.0. The first kappa shape index (κ1) is 16.9. The number of rotatable bonds is 5. The number of hydrogen-bond acceptors (Lipinski definition) is 7. The third kappa shape index (κ3) is 3.33. The van der Waals surface area contributed by atoms with Crippen LogP contribution in [0, 0.1) is 11.8 Å². The third-order valence-corrected chi connectivity index (χ3v) is 3.71. The van der Waals surface area contributed by atoms with Crippen LogP contribution in [0.1, 0.15) is 31.9 Å². The highest BCUT2D eigenvalue weighted by molar-refractivity contribution is 6.16. The van der Waals surface area contributed by atoms with Crippen LogP contribution in [-0.4, -0.2) is 36.7 Å². The predicted molar refractivity (Wildman–Crippen MR) is 76.3 cm³/mol. The lowest BCUT2D eigenvalue weighted by Crippen LogP contribution is -2.47. The highest BCUT2D eigenvalue weighted by Gasteiger charge is 2.53. The van der Waals surface area contributed by atoms with Crippen LogP contribution < -0.4 is 0 Å². The lowest BCUT2D eigenvalue weighted by Gasteiger charge is -2.32. The molecule has 1 saturated carbocycles. The maximum absolute atomic E-state index is 12.2. The largest absolute Gasteiger partial charge is 0.469 e.